The lowest BCUT2D eigenvalue weighted by Crippen LogP contribution is -2.32. The highest BCUT2D eigenvalue weighted by Crippen LogP contribution is 2.36. The highest BCUT2D eigenvalue weighted by Gasteiger charge is 2.38. The predicted molar refractivity (Wildman–Crippen MR) is 75.6 cm³/mol. The van der Waals surface area contributed by atoms with Crippen molar-refractivity contribution in [3.63, 3.8) is 0 Å². The Balaban J connectivity index is 1.65. The van der Waals surface area contributed by atoms with Gasteiger partial charge in [-0.3, -0.25) is 4.79 Å². The van der Waals surface area contributed by atoms with Crippen LogP contribution in [0.3, 0.4) is 0 Å². The molecule has 3 heterocycles. The first kappa shape index (κ1) is 14.5. The molecular formula is C15H23N3O3. The van der Waals surface area contributed by atoms with Gasteiger partial charge in [0.1, 0.15) is 0 Å². The molecule has 1 atom stereocenters. The summed E-state index contributed by atoms with van der Waals surface area (Å²) in [6.07, 6.45) is 4.47. The first-order chi connectivity index (χ1) is 10.1. The molecule has 0 aliphatic carbocycles. The first-order valence-corrected chi connectivity index (χ1v) is 7.82. The van der Waals surface area contributed by atoms with E-state index < -0.39 is 0 Å². The zero-order valence-corrected chi connectivity index (χ0v) is 12.8. The van der Waals surface area contributed by atoms with Gasteiger partial charge in [0, 0.05) is 25.5 Å². The van der Waals surface area contributed by atoms with Gasteiger partial charge in [-0.2, -0.15) is 4.98 Å². The minimum absolute atomic E-state index is 0.0671. The molecule has 0 saturated carbocycles. The fourth-order valence-corrected chi connectivity index (χ4v) is 3.13. The van der Waals surface area contributed by atoms with Crippen molar-refractivity contribution in [2.45, 2.75) is 64.0 Å². The second-order valence-corrected chi connectivity index (χ2v) is 6.40. The van der Waals surface area contributed by atoms with Crippen LogP contribution in [0.25, 0.3) is 0 Å². The van der Waals surface area contributed by atoms with E-state index in [1.165, 1.54) is 0 Å². The lowest BCUT2D eigenvalue weighted by Gasteiger charge is -2.26. The fraction of sp³-hybridized carbons (Fsp3) is 0.800. The maximum atomic E-state index is 12.3. The standard InChI is InChI=1S/C15H23N3O3/c1-11(2)14-16-12(21-17-14)10-18-8-7-15(5-3-9-20-15)6-4-13(18)19/h11H,3-10H2,1-2H3/t15-/m0/s1. The summed E-state index contributed by atoms with van der Waals surface area (Å²) in [5.74, 6) is 1.61. The maximum absolute atomic E-state index is 12.3. The molecule has 0 radical (unpaired) electrons. The molecule has 21 heavy (non-hydrogen) atoms. The molecule has 2 saturated heterocycles. The van der Waals surface area contributed by atoms with Gasteiger partial charge in [-0.25, -0.2) is 0 Å². The number of nitrogens with zero attached hydrogens (tertiary/aromatic N) is 3. The van der Waals surface area contributed by atoms with Gasteiger partial charge in [0.05, 0.1) is 12.1 Å². The summed E-state index contributed by atoms with van der Waals surface area (Å²) in [7, 11) is 0. The lowest BCUT2D eigenvalue weighted by molar-refractivity contribution is -0.131. The van der Waals surface area contributed by atoms with Crippen LogP contribution in [0, 0.1) is 0 Å². The van der Waals surface area contributed by atoms with E-state index in [2.05, 4.69) is 10.1 Å². The van der Waals surface area contributed by atoms with Crippen molar-refractivity contribution < 1.29 is 14.1 Å². The van der Waals surface area contributed by atoms with E-state index in [9.17, 15) is 4.79 Å². The van der Waals surface area contributed by atoms with Crippen molar-refractivity contribution in [2.75, 3.05) is 13.2 Å². The minimum Gasteiger partial charge on any atom is -0.375 e. The largest absolute Gasteiger partial charge is 0.375 e. The first-order valence-electron chi connectivity index (χ1n) is 7.82. The van der Waals surface area contributed by atoms with Crippen molar-refractivity contribution in [1.82, 2.24) is 15.0 Å². The molecule has 3 rings (SSSR count). The smallest absolute Gasteiger partial charge is 0.246 e. The average Bonchev–Trinajstić information content (AvgIpc) is 3.07. The molecule has 1 spiro atoms. The molecule has 6 heteroatoms. The Hall–Kier alpha value is -1.43. The number of carbonyl (C=O) groups excluding carboxylic acids is 1. The number of ether oxygens (including phenoxy) is 1. The third-order valence-corrected chi connectivity index (χ3v) is 4.50. The summed E-state index contributed by atoms with van der Waals surface area (Å²) in [5, 5.41) is 3.95. The Morgan fingerprint density at radius 3 is 2.86 bits per heavy atom. The van der Waals surface area contributed by atoms with Crippen LogP contribution in [0.1, 0.15) is 63.6 Å². The van der Waals surface area contributed by atoms with E-state index in [1.54, 1.807) is 0 Å². The molecule has 1 aromatic rings. The molecule has 6 nitrogen and oxygen atoms in total. The van der Waals surface area contributed by atoms with E-state index in [4.69, 9.17) is 9.26 Å². The predicted octanol–water partition coefficient (Wildman–Crippen LogP) is 2.25. The van der Waals surface area contributed by atoms with Crippen molar-refractivity contribution in [3.05, 3.63) is 11.7 Å². The van der Waals surface area contributed by atoms with Gasteiger partial charge in [0.2, 0.25) is 11.8 Å². The summed E-state index contributed by atoms with van der Waals surface area (Å²) in [4.78, 5) is 18.5. The highest BCUT2D eigenvalue weighted by atomic mass is 16.5. The van der Waals surface area contributed by atoms with E-state index >= 15 is 0 Å². The Morgan fingerprint density at radius 1 is 1.33 bits per heavy atom. The molecule has 2 aliphatic heterocycles. The topological polar surface area (TPSA) is 68.5 Å². The monoisotopic (exact) mass is 293 g/mol. The molecule has 0 aromatic carbocycles. The molecule has 2 fully saturated rings. The maximum Gasteiger partial charge on any atom is 0.246 e. The minimum atomic E-state index is -0.0671. The summed E-state index contributed by atoms with van der Waals surface area (Å²) < 4.78 is 11.2. The normalized spacial score (nSPS) is 26.8. The van der Waals surface area contributed by atoms with Crippen LogP contribution in [0.15, 0.2) is 4.52 Å². The van der Waals surface area contributed by atoms with Crippen molar-refractivity contribution in [3.8, 4) is 0 Å². The number of amides is 1. The van der Waals surface area contributed by atoms with Crippen LogP contribution in [0.2, 0.25) is 0 Å². The van der Waals surface area contributed by atoms with Crippen LogP contribution >= 0.6 is 0 Å². The van der Waals surface area contributed by atoms with E-state index in [0.717, 1.165) is 32.3 Å². The third-order valence-electron chi connectivity index (χ3n) is 4.50. The molecular weight excluding hydrogens is 270 g/mol. The fourth-order valence-electron chi connectivity index (χ4n) is 3.13. The van der Waals surface area contributed by atoms with Crippen LogP contribution in [0.4, 0.5) is 0 Å². The van der Waals surface area contributed by atoms with Crippen molar-refractivity contribution in [2.24, 2.45) is 0 Å². The van der Waals surface area contributed by atoms with Crippen LogP contribution < -0.4 is 0 Å². The molecule has 2 aliphatic rings. The second-order valence-electron chi connectivity index (χ2n) is 6.40. The summed E-state index contributed by atoms with van der Waals surface area (Å²) in [5.41, 5.74) is -0.0671. The van der Waals surface area contributed by atoms with Crippen LogP contribution in [-0.2, 0) is 16.1 Å². The van der Waals surface area contributed by atoms with E-state index in [1.807, 2.05) is 18.7 Å². The Labute approximate surface area is 124 Å². The third kappa shape index (κ3) is 3.10. The number of hydrogen-bond acceptors (Lipinski definition) is 5. The molecule has 1 amide bonds. The molecule has 0 bridgehead atoms. The van der Waals surface area contributed by atoms with E-state index in [0.29, 0.717) is 31.2 Å². The highest BCUT2D eigenvalue weighted by molar-refractivity contribution is 5.76. The van der Waals surface area contributed by atoms with Crippen molar-refractivity contribution in [1.29, 1.82) is 0 Å². The number of hydrogen-bond donors (Lipinski definition) is 0. The Morgan fingerprint density at radius 2 is 2.19 bits per heavy atom. The number of carbonyl (C=O) groups is 1. The summed E-state index contributed by atoms with van der Waals surface area (Å²) in [6, 6.07) is 0. The van der Waals surface area contributed by atoms with Crippen molar-refractivity contribution >= 4 is 5.91 Å². The zero-order valence-electron chi connectivity index (χ0n) is 12.8. The zero-order chi connectivity index (χ0) is 14.9. The number of rotatable bonds is 3. The van der Waals surface area contributed by atoms with Gasteiger partial charge < -0.3 is 14.2 Å². The quantitative estimate of drug-likeness (QED) is 0.855. The molecule has 0 unspecified atom stereocenters. The van der Waals surface area contributed by atoms with Gasteiger partial charge >= 0.3 is 0 Å². The molecule has 116 valence electrons. The second kappa shape index (κ2) is 5.75. The Bertz CT molecular complexity index is 506. The number of likely N-dealkylation sites (tertiary alicyclic amines) is 1. The molecule has 1 aromatic heterocycles. The number of aromatic nitrogens is 2. The van der Waals surface area contributed by atoms with Gasteiger partial charge in [0.25, 0.3) is 0 Å². The lowest BCUT2D eigenvalue weighted by atomic mass is 9.92. The molecule has 0 N–H and O–H groups in total. The SMILES string of the molecule is CC(C)c1noc(CN2CC[C@]3(CCCO3)CCC2=O)n1. The summed E-state index contributed by atoms with van der Waals surface area (Å²) >= 11 is 0. The van der Waals surface area contributed by atoms with Gasteiger partial charge in [-0.05, 0) is 25.7 Å². The van der Waals surface area contributed by atoms with Crippen LogP contribution in [0.5, 0.6) is 0 Å². The van der Waals surface area contributed by atoms with E-state index in [-0.39, 0.29) is 17.4 Å². The van der Waals surface area contributed by atoms with Crippen LogP contribution in [-0.4, -0.2) is 39.7 Å². The average molecular weight is 293 g/mol. The Kier molecular flexibility index (Phi) is 3.97. The van der Waals surface area contributed by atoms with Gasteiger partial charge in [-0.1, -0.05) is 19.0 Å². The van der Waals surface area contributed by atoms with Gasteiger partial charge in [0.15, 0.2) is 5.82 Å². The van der Waals surface area contributed by atoms with Gasteiger partial charge in [-0.15, -0.1) is 0 Å². The summed E-state index contributed by atoms with van der Waals surface area (Å²) in [6.45, 7) is 5.99.